The van der Waals surface area contributed by atoms with Crippen molar-refractivity contribution in [2.45, 2.75) is 19.8 Å². The van der Waals surface area contributed by atoms with Crippen LogP contribution in [0.2, 0.25) is 0 Å². The number of rotatable bonds is 2. The molecule has 0 bridgehead atoms. The van der Waals surface area contributed by atoms with Crippen LogP contribution in [0.5, 0.6) is 0 Å². The molecule has 0 saturated heterocycles. The number of carbonyl (C=O) groups is 2. The van der Waals surface area contributed by atoms with E-state index in [4.69, 9.17) is 4.74 Å². The summed E-state index contributed by atoms with van der Waals surface area (Å²) < 4.78 is 4.84. The van der Waals surface area contributed by atoms with Gasteiger partial charge in [0.05, 0.1) is 6.61 Å². The Hall–Kier alpha value is -0.960. The summed E-state index contributed by atoms with van der Waals surface area (Å²) in [5.41, 5.74) is 1.13. The van der Waals surface area contributed by atoms with E-state index in [0.29, 0.717) is 24.0 Å². The Labute approximate surface area is 71.4 Å². The van der Waals surface area contributed by atoms with Crippen molar-refractivity contribution in [1.82, 2.24) is 0 Å². The van der Waals surface area contributed by atoms with Crippen molar-refractivity contribution in [3.8, 4) is 0 Å². The van der Waals surface area contributed by atoms with E-state index in [9.17, 15) is 9.59 Å². The maximum absolute atomic E-state index is 11.3. The largest absolute Gasteiger partial charge is 0.380 e. The van der Waals surface area contributed by atoms with E-state index < -0.39 is 0 Å². The molecule has 3 heteroatoms. The van der Waals surface area contributed by atoms with Gasteiger partial charge >= 0.3 is 0 Å². The molecule has 66 valence electrons. The van der Waals surface area contributed by atoms with Gasteiger partial charge in [-0.2, -0.15) is 0 Å². The zero-order valence-electron chi connectivity index (χ0n) is 7.35. The molecule has 0 aromatic carbocycles. The molecule has 1 aliphatic carbocycles. The number of methoxy groups -OCH3 is 1. The lowest BCUT2D eigenvalue weighted by Gasteiger charge is -2.14. The molecule has 0 spiro atoms. The minimum atomic E-state index is 0.0500. The van der Waals surface area contributed by atoms with E-state index in [2.05, 4.69) is 0 Å². The minimum Gasteiger partial charge on any atom is -0.380 e. The first-order chi connectivity index (χ1) is 5.66. The molecule has 0 saturated carbocycles. The molecule has 1 rings (SSSR count). The van der Waals surface area contributed by atoms with E-state index in [1.807, 2.05) is 0 Å². The fourth-order valence-corrected chi connectivity index (χ4v) is 1.28. The minimum absolute atomic E-state index is 0.0500. The lowest BCUT2D eigenvalue weighted by Crippen LogP contribution is -2.20. The van der Waals surface area contributed by atoms with Crippen LogP contribution in [0.4, 0.5) is 0 Å². The molecular formula is C9H12O3. The van der Waals surface area contributed by atoms with Gasteiger partial charge in [0.15, 0.2) is 11.6 Å². The highest BCUT2D eigenvalue weighted by Gasteiger charge is 2.23. The van der Waals surface area contributed by atoms with Crippen LogP contribution in [0.1, 0.15) is 19.8 Å². The van der Waals surface area contributed by atoms with Crippen molar-refractivity contribution in [2.75, 3.05) is 13.7 Å². The average molecular weight is 168 g/mol. The third-order valence-electron chi connectivity index (χ3n) is 2.08. The van der Waals surface area contributed by atoms with Gasteiger partial charge in [-0.15, -0.1) is 0 Å². The normalized spacial score (nSPS) is 18.8. The standard InChI is InChI=1S/C9H12O3/c1-6-7(5-12-2)9(11)4-3-8(6)10/h3-5H2,1-2H3. The SMILES string of the molecule is COCC1=C(C)C(=O)CCC1=O. The van der Waals surface area contributed by atoms with E-state index >= 15 is 0 Å². The molecule has 0 aromatic rings. The number of allylic oxidation sites excluding steroid dienone is 1. The van der Waals surface area contributed by atoms with Crippen LogP contribution in [0, 0.1) is 0 Å². The monoisotopic (exact) mass is 168 g/mol. The summed E-state index contributed by atoms with van der Waals surface area (Å²) in [6.07, 6.45) is 0.701. The summed E-state index contributed by atoms with van der Waals surface area (Å²) in [6.45, 7) is 1.95. The fraction of sp³-hybridized carbons (Fsp3) is 0.556. The number of Topliss-reactive ketones (excluding diaryl/α,β-unsaturated/α-hetero) is 2. The van der Waals surface area contributed by atoms with Gasteiger partial charge in [-0.05, 0) is 6.92 Å². The molecular weight excluding hydrogens is 156 g/mol. The van der Waals surface area contributed by atoms with Crippen molar-refractivity contribution in [2.24, 2.45) is 0 Å². The third kappa shape index (κ3) is 1.61. The lowest BCUT2D eigenvalue weighted by atomic mass is 9.91. The van der Waals surface area contributed by atoms with E-state index in [-0.39, 0.29) is 18.2 Å². The second-order valence-electron chi connectivity index (χ2n) is 2.88. The van der Waals surface area contributed by atoms with E-state index in [1.165, 1.54) is 7.11 Å². The highest BCUT2D eigenvalue weighted by atomic mass is 16.5. The van der Waals surface area contributed by atoms with Gasteiger partial charge in [-0.3, -0.25) is 9.59 Å². The smallest absolute Gasteiger partial charge is 0.162 e. The van der Waals surface area contributed by atoms with Crippen molar-refractivity contribution < 1.29 is 14.3 Å². The first kappa shape index (κ1) is 9.13. The Kier molecular flexibility index (Phi) is 2.76. The highest BCUT2D eigenvalue weighted by molar-refractivity contribution is 6.11. The van der Waals surface area contributed by atoms with Gasteiger partial charge in [0, 0.05) is 31.1 Å². The second-order valence-corrected chi connectivity index (χ2v) is 2.88. The van der Waals surface area contributed by atoms with Crippen molar-refractivity contribution in [3.05, 3.63) is 11.1 Å². The quantitative estimate of drug-likeness (QED) is 0.614. The molecule has 0 aliphatic heterocycles. The molecule has 0 radical (unpaired) electrons. The highest BCUT2D eigenvalue weighted by Crippen LogP contribution is 2.18. The van der Waals surface area contributed by atoms with Gasteiger partial charge < -0.3 is 4.74 Å². The molecule has 0 heterocycles. The summed E-state index contributed by atoms with van der Waals surface area (Å²) in [5.74, 6) is 0.121. The second kappa shape index (κ2) is 3.63. The topological polar surface area (TPSA) is 43.4 Å². The molecule has 0 amide bonds. The molecule has 0 N–H and O–H groups in total. The number of hydrogen-bond acceptors (Lipinski definition) is 3. The van der Waals surface area contributed by atoms with Crippen LogP contribution < -0.4 is 0 Å². The average Bonchev–Trinajstić information content (AvgIpc) is 2.06. The Morgan fingerprint density at radius 1 is 1.25 bits per heavy atom. The summed E-state index contributed by atoms with van der Waals surface area (Å²) in [7, 11) is 1.52. The number of ether oxygens (including phenoxy) is 1. The molecule has 12 heavy (non-hydrogen) atoms. The van der Waals surface area contributed by atoms with Crippen molar-refractivity contribution >= 4 is 11.6 Å². The third-order valence-corrected chi connectivity index (χ3v) is 2.08. The van der Waals surface area contributed by atoms with Crippen LogP contribution in [0.25, 0.3) is 0 Å². The predicted octanol–water partition coefficient (Wildman–Crippen LogP) is 0.881. The van der Waals surface area contributed by atoms with Gasteiger partial charge in [0.2, 0.25) is 0 Å². The molecule has 0 unspecified atom stereocenters. The van der Waals surface area contributed by atoms with E-state index in [1.54, 1.807) is 6.92 Å². The Balaban J connectivity index is 2.93. The fourth-order valence-electron chi connectivity index (χ4n) is 1.28. The van der Waals surface area contributed by atoms with Gasteiger partial charge in [0.1, 0.15) is 0 Å². The summed E-state index contributed by atoms with van der Waals surface area (Å²) in [6, 6.07) is 0. The van der Waals surface area contributed by atoms with Crippen molar-refractivity contribution in [1.29, 1.82) is 0 Å². The summed E-state index contributed by atoms with van der Waals surface area (Å²) in [5, 5.41) is 0. The van der Waals surface area contributed by atoms with Crippen LogP contribution in [-0.4, -0.2) is 25.3 Å². The van der Waals surface area contributed by atoms with Crippen LogP contribution in [0.15, 0.2) is 11.1 Å². The zero-order valence-corrected chi connectivity index (χ0v) is 7.35. The van der Waals surface area contributed by atoms with Crippen LogP contribution >= 0.6 is 0 Å². The molecule has 3 nitrogen and oxygen atoms in total. The summed E-state index contributed by atoms with van der Waals surface area (Å²) in [4.78, 5) is 22.4. The van der Waals surface area contributed by atoms with Gasteiger partial charge in [0.25, 0.3) is 0 Å². The van der Waals surface area contributed by atoms with E-state index in [0.717, 1.165) is 0 Å². The Morgan fingerprint density at radius 3 is 2.42 bits per heavy atom. The first-order valence-corrected chi connectivity index (χ1v) is 3.92. The van der Waals surface area contributed by atoms with Gasteiger partial charge in [-0.25, -0.2) is 0 Å². The maximum Gasteiger partial charge on any atom is 0.162 e. The Bertz CT molecular complexity index is 250. The number of ketones is 2. The van der Waals surface area contributed by atoms with Crippen molar-refractivity contribution in [3.63, 3.8) is 0 Å². The predicted molar refractivity (Wildman–Crippen MR) is 43.8 cm³/mol. The Morgan fingerprint density at radius 2 is 1.83 bits per heavy atom. The molecule has 0 aromatic heterocycles. The van der Waals surface area contributed by atoms with Gasteiger partial charge in [-0.1, -0.05) is 0 Å². The zero-order chi connectivity index (χ0) is 9.14. The van der Waals surface area contributed by atoms with Crippen LogP contribution in [-0.2, 0) is 14.3 Å². The molecule has 1 aliphatic rings. The van der Waals surface area contributed by atoms with Crippen LogP contribution in [0.3, 0.4) is 0 Å². The number of carbonyl (C=O) groups excluding carboxylic acids is 2. The molecule has 0 fully saturated rings. The maximum atomic E-state index is 11.3. The lowest BCUT2D eigenvalue weighted by molar-refractivity contribution is -0.122. The number of hydrogen-bond donors (Lipinski definition) is 0. The first-order valence-electron chi connectivity index (χ1n) is 3.92. The summed E-state index contributed by atoms with van der Waals surface area (Å²) >= 11 is 0. The molecule has 0 atom stereocenters.